The van der Waals surface area contributed by atoms with Crippen molar-refractivity contribution in [3.63, 3.8) is 0 Å². The van der Waals surface area contributed by atoms with E-state index >= 15 is 0 Å². The number of hydrogen-bond acceptors (Lipinski definition) is 6. The third-order valence-corrected chi connectivity index (χ3v) is 4.80. The smallest absolute Gasteiger partial charge is 0.247 e. The molecule has 1 heterocycles. The summed E-state index contributed by atoms with van der Waals surface area (Å²) >= 11 is 0. The third-order valence-electron chi connectivity index (χ3n) is 4.80. The van der Waals surface area contributed by atoms with Crippen LogP contribution in [0.4, 0.5) is 0 Å². The molecule has 1 aromatic heterocycles. The van der Waals surface area contributed by atoms with Gasteiger partial charge in [-0.15, -0.1) is 10.2 Å². The Labute approximate surface area is 153 Å². The number of carbonyl (C=O) groups is 1. The van der Waals surface area contributed by atoms with Crippen molar-refractivity contribution in [3.05, 3.63) is 24.1 Å². The number of nitrogens with zero attached hydrogens (tertiary/aromatic N) is 3. The number of rotatable bonds is 6. The lowest BCUT2D eigenvalue weighted by atomic mass is 9.88. The molecule has 1 aromatic carbocycles. The standard InChI is InChI=1S/C19H25N3O4/c1-22(19(23)13-7-5-4-6-8-13)12-17-20-21-18(26-17)14-9-10-15(24-2)16(11-14)25-3/h9-11,13H,4-8,12H2,1-3H3. The molecule has 1 amide bonds. The molecular formula is C19H25N3O4. The zero-order valence-corrected chi connectivity index (χ0v) is 15.5. The summed E-state index contributed by atoms with van der Waals surface area (Å²) < 4.78 is 16.3. The van der Waals surface area contributed by atoms with Crippen molar-refractivity contribution in [2.45, 2.75) is 38.6 Å². The minimum absolute atomic E-state index is 0.127. The molecule has 0 bridgehead atoms. The van der Waals surface area contributed by atoms with E-state index in [-0.39, 0.29) is 11.8 Å². The number of ether oxygens (including phenoxy) is 2. The molecule has 0 radical (unpaired) electrons. The van der Waals surface area contributed by atoms with Gasteiger partial charge in [-0.2, -0.15) is 0 Å². The predicted octanol–water partition coefficient (Wildman–Crippen LogP) is 3.29. The molecule has 0 N–H and O–H groups in total. The lowest BCUT2D eigenvalue weighted by Crippen LogP contribution is -2.33. The van der Waals surface area contributed by atoms with Crippen LogP contribution in [0.5, 0.6) is 11.5 Å². The highest BCUT2D eigenvalue weighted by Crippen LogP contribution is 2.32. The van der Waals surface area contributed by atoms with Crippen LogP contribution in [0.25, 0.3) is 11.5 Å². The quantitative estimate of drug-likeness (QED) is 0.787. The van der Waals surface area contributed by atoms with Crippen LogP contribution in [0.3, 0.4) is 0 Å². The van der Waals surface area contributed by atoms with Gasteiger partial charge in [-0.3, -0.25) is 4.79 Å². The lowest BCUT2D eigenvalue weighted by Gasteiger charge is -2.25. The molecule has 7 nitrogen and oxygen atoms in total. The van der Waals surface area contributed by atoms with Crippen LogP contribution >= 0.6 is 0 Å². The van der Waals surface area contributed by atoms with Crippen molar-refractivity contribution in [1.29, 1.82) is 0 Å². The molecule has 1 fully saturated rings. The SMILES string of the molecule is COc1ccc(-c2nnc(CN(C)C(=O)C3CCCCC3)o2)cc1OC. The van der Waals surface area contributed by atoms with Gasteiger partial charge < -0.3 is 18.8 Å². The molecule has 140 valence electrons. The molecule has 0 aliphatic heterocycles. The largest absolute Gasteiger partial charge is 0.493 e. The summed E-state index contributed by atoms with van der Waals surface area (Å²) in [5.41, 5.74) is 0.739. The first-order valence-electron chi connectivity index (χ1n) is 8.92. The molecule has 0 saturated heterocycles. The second-order valence-corrected chi connectivity index (χ2v) is 6.60. The fourth-order valence-corrected chi connectivity index (χ4v) is 3.35. The van der Waals surface area contributed by atoms with Crippen molar-refractivity contribution in [3.8, 4) is 23.0 Å². The van der Waals surface area contributed by atoms with Crippen molar-refractivity contribution < 1.29 is 18.7 Å². The van der Waals surface area contributed by atoms with Crippen LogP contribution in [-0.4, -0.2) is 42.3 Å². The average Bonchev–Trinajstić information content (AvgIpc) is 3.15. The van der Waals surface area contributed by atoms with Crippen LogP contribution < -0.4 is 9.47 Å². The molecule has 2 aromatic rings. The van der Waals surface area contributed by atoms with E-state index in [1.807, 2.05) is 6.07 Å². The maximum absolute atomic E-state index is 12.5. The summed E-state index contributed by atoms with van der Waals surface area (Å²) in [5.74, 6) is 2.32. The lowest BCUT2D eigenvalue weighted by molar-refractivity contribution is -0.136. The topological polar surface area (TPSA) is 77.7 Å². The highest BCUT2D eigenvalue weighted by Gasteiger charge is 2.25. The van der Waals surface area contributed by atoms with Gasteiger partial charge in [0.25, 0.3) is 0 Å². The maximum atomic E-state index is 12.5. The van der Waals surface area contributed by atoms with Gasteiger partial charge in [-0.1, -0.05) is 19.3 Å². The number of carbonyl (C=O) groups excluding carboxylic acids is 1. The first-order chi connectivity index (χ1) is 12.6. The van der Waals surface area contributed by atoms with Gasteiger partial charge in [0.1, 0.15) is 0 Å². The van der Waals surface area contributed by atoms with Crippen molar-refractivity contribution in [2.75, 3.05) is 21.3 Å². The molecule has 0 unspecified atom stereocenters. The average molecular weight is 359 g/mol. The summed E-state index contributed by atoms with van der Waals surface area (Å²) in [4.78, 5) is 14.2. The first-order valence-corrected chi connectivity index (χ1v) is 8.92. The van der Waals surface area contributed by atoms with Crippen molar-refractivity contribution >= 4 is 5.91 Å². The van der Waals surface area contributed by atoms with Crippen LogP contribution in [-0.2, 0) is 11.3 Å². The zero-order valence-electron chi connectivity index (χ0n) is 15.5. The van der Waals surface area contributed by atoms with E-state index in [1.54, 1.807) is 38.3 Å². The highest BCUT2D eigenvalue weighted by molar-refractivity contribution is 5.78. The summed E-state index contributed by atoms with van der Waals surface area (Å²) in [7, 11) is 4.95. The molecule has 1 aliphatic carbocycles. The summed E-state index contributed by atoms with van der Waals surface area (Å²) in [5, 5.41) is 8.17. The fourth-order valence-electron chi connectivity index (χ4n) is 3.35. The number of hydrogen-bond donors (Lipinski definition) is 0. The minimum atomic E-state index is 0.127. The Kier molecular flexibility index (Phi) is 5.75. The van der Waals surface area contributed by atoms with Gasteiger partial charge in [-0.05, 0) is 31.0 Å². The van der Waals surface area contributed by atoms with Crippen LogP contribution in [0.15, 0.2) is 22.6 Å². The predicted molar refractivity (Wildman–Crippen MR) is 95.9 cm³/mol. The van der Waals surface area contributed by atoms with Crippen LogP contribution in [0, 0.1) is 5.92 Å². The van der Waals surface area contributed by atoms with Crippen molar-refractivity contribution in [1.82, 2.24) is 15.1 Å². The van der Waals surface area contributed by atoms with E-state index in [9.17, 15) is 4.79 Å². The Morgan fingerprint density at radius 1 is 1.15 bits per heavy atom. The molecule has 3 rings (SSSR count). The fraction of sp³-hybridized carbons (Fsp3) is 0.526. The summed E-state index contributed by atoms with van der Waals surface area (Å²) in [6, 6.07) is 5.40. The van der Waals surface area contributed by atoms with E-state index in [4.69, 9.17) is 13.9 Å². The molecule has 7 heteroatoms. The number of methoxy groups -OCH3 is 2. The highest BCUT2D eigenvalue weighted by atomic mass is 16.5. The molecule has 1 aliphatic rings. The van der Waals surface area contributed by atoms with Gasteiger partial charge in [0, 0.05) is 18.5 Å². The molecule has 0 spiro atoms. The number of amides is 1. The Morgan fingerprint density at radius 2 is 1.88 bits per heavy atom. The number of benzene rings is 1. The monoisotopic (exact) mass is 359 g/mol. The Balaban J connectivity index is 1.68. The van der Waals surface area contributed by atoms with E-state index in [0.29, 0.717) is 29.8 Å². The van der Waals surface area contributed by atoms with Crippen LogP contribution in [0.1, 0.15) is 38.0 Å². The van der Waals surface area contributed by atoms with E-state index in [1.165, 1.54) is 6.42 Å². The number of aromatic nitrogens is 2. The van der Waals surface area contributed by atoms with Gasteiger partial charge in [-0.25, -0.2) is 0 Å². The first kappa shape index (κ1) is 18.2. The van der Waals surface area contributed by atoms with Gasteiger partial charge >= 0.3 is 0 Å². The van der Waals surface area contributed by atoms with E-state index in [2.05, 4.69) is 10.2 Å². The van der Waals surface area contributed by atoms with E-state index in [0.717, 1.165) is 31.2 Å². The Bertz CT molecular complexity index is 753. The van der Waals surface area contributed by atoms with Gasteiger partial charge in [0.15, 0.2) is 11.5 Å². The van der Waals surface area contributed by atoms with Crippen LogP contribution in [0.2, 0.25) is 0 Å². The minimum Gasteiger partial charge on any atom is -0.493 e. The van der Waals surface area contributed by atoms with Gasteiger partial charge in [0.05, 0.1) is 20.8 Å². The zero-order chi connectivity index (χ0) is 18.5. The van der Waals surface area contributed by atoms with E-state index < -0.39 is 0 Å². The van der Waals surface area contributed by atoms with Crippen molar-refractivity contribution in [2.24, 2.45) is 5.92 Å². The van der Waals surface area contributed by atoms with Gasteiger partial charge in [0.2, 0.25) is 17.7 Å². The molecular weight excluding hydrogens is 334 g/mol. The third kappa shape index (κ3) is 3.98. The molecule has 1 saturated carbocycles. The summed E-state index contributed by atoms with van der Waals surface area (Å²) in [6.45, 7) is 0.315. The Morgan fingerprint density at radius 3 is 2.58 bits per heavy atom. The second kappa shape index (κ2) is 8.21. The normalized spacial score (nSPS) is 14.9. The second-order valence-electron chi connectivity index (χ2n) is 6.60. The molecule has 26 heavy (non-hydrogen) atoms. The molecule has 0 atom stereocenters. The maximum Gasteiger partial charge on any atom is 0.247 e. The summed E-state index contributed by atoms with van der Waals surface area (Å²) in [6.07, 6.45) is 5.45. The Hall–Kier alpha value is -2.57.